The second-order valence-electron chi connectivity index (χ2n) is 7.16. The number of carbonyl (C=O) groups excluding carboxylic acids is 2. The molecule has 3 rings (SSSR count). The van der Waals surface area contributed by atoms with Gasteiger partial charge in [-0.1, -0.05) is 19.1 Å². The molecule has 2 aliphatic rings. The summed E-state index contributed by atoms with van der Waals surface area (Å²) in [6.07, 6.45) is 2.76. The van der Waals surface area contributed by atoms with Crippen LogP contribution in [-0.4, -0.2) is 37.1 Å². The van der Waals surface area contributed by atoms with Crippen molar-refractivity contribution >= 4 is 12.0 Å². The first-order chi connectivity index (χ1) is 12.0. The Morgan fingerprint density at radius 1 is 1.24 bits per heavy atom. The average molecular weight is 348 g/mol. The maximum atomic E-state index is 13.2. The first-order valence-electron chi connectivity index (χ1n) is 8.88. The minimum absolute atomic E-state index is 0.0668. The maximum Gasteiger partial charge on any atom is 0.317 e. The zero-order chi connectivity index (χ0) is 18.0. The summed E-state index contributed by atoms with van der Waals surface area (Å²) in [5, 5.41) is 3.11. The molecular weight excluding hydrogens is 323 g/mol. The molecule has 1 aliphatic carbocycles. The number of amides is 2. The van der Waals surface area contributed by atoms with Crippen molar-refractivity contribution in [3.05, 3.63) is 35.6 Å². The number of nitrogens with zero attached hydrogens (tertiary/aromatic N) is 1. The number of halogens is 1. The van der Waals surface area contributed by atoms with E-state index in [1.54, 1.807) is 17.0 Å². The largest absolute Gasteiger partial charge is 0.469 e. The number of benzene rings is 1. The van der Waals surface area contributed by atoms with Crippen molar-refractivity contribution < 1.29 is 18.7 Å². The van der Waals surface area contributed by atoms with Gasteiger partial charge in [-0.2, -0.15) is 0 Å². The summed E-state index contributed by atoms with van der Waals surface area (Å²) in [5.41, 5.74) is 0.940. The lowest BCUT2D eigenvalue weighted by molar-refractivity contribution is -0.148. The molecule has 1 saturated carbocycles. The number of nitrogens with one attached hydrogen (secondary N) is 1. The van der Waals surface area contributed by atoms with Crippen LogP contribution in [0.3, 0.4) is 0 Å². The van der Waals surface area contributed by atoms with Gasteiger partial charge < -0.3 is 15.0 Å². The Bertz CT molecular complexity index is 630. The van der Waals surface area contributed by atoms with E-state index in [1.165, 1.54) is 19.2 Å². The molecule has 1 aliphatic heterocycles. The molecule has 0 radical (unpaired) electrons. The molecule has 0 aromatic heterocycles. The summed E-state index contributed by atoms with van der Waals surface area (Å²) < 4.78 is 18.0. The van der Waals surface area contributed by atoms with Gasteiger partial charge in [0.25, 0.3) is 0 Å². The van der Waals surface area contributed by atoms with Crippen LogP contribution in [0.15, 0.2) is 24.3 Å². The Balaban J connectivity index is 1.63. The summed E-state index contributed by atoms with van der Waals surface area (Å²) in [7, 11) is 1.40. The molecule has 0 bridgehead atoms. The number of likely N-dealkylation sites (tertiary alicyclic amines) is 1. The smallest absolute Gasteiger partial charge is 0.317 e. The summed E-state index contributed by atoms with van der Waals surface area (Å²) in [6.45, 7) is 3.04. The molecule has 5 nitrogen and oxygen atoms in total. The number of piperidine rings is 1. The SMILES string of the molecule is COC(=O)[C@@H]1CCN(C(=O)N[C@H](c2ccc(F)cc2)C2CC2)C[C@@H]1C. The van der Waals surface area contributed by atoms with E-state index in [2.05, 4.69) is 5.32 Å². The van der Waals surface area contributed by atoms with Crippen molar-refractivity contribution in [2.75, 3.05) is 20.2 Å². The highest BCUT2D eigenvalue weighted by atomic mass is 19.1. The highest BCUT2D eigenvalue weighted by Crippen LogP contribution is 2.41. The Morgan fingerprint density at radius 3 is 2.48 bits per heavy atom. The molecule has 3 atom stereocenters. The van der Waals surface area contributed by atoms with Gasteiger partial charge in [0.05, 0.1) is 19.1 Å². The fourth-order valence-electron chi connectivity index (χ4n) is 3.63. The number of carbonyl (C=O) groups is 2. The number of esters is 1. The minimum Gasteiger partial charge on any atom is -0.469 e. The lowest BCUT2D eigenvalue weighted by Gasteiger charge is -2.36. The van der Waals surface area contributed by atoms with Crippen LogP contribution in [0.1, 0.15) is 37.8 Å². The molecule has 1 saturated heterocycles. The van der Waals surface area contributed by atoms with E-state index in [0.29, 0.717) is 25.4 Å². The maximum absolute atomic E-state index is 13.2. The van der Waals surface area contributed by atoms with E-state index in [9.17, 15) is 14.0 Å². The van der Waals surface area contributed by atoms with Crippen LogP contribution in [-0.2, 0) is 9.53 Å². The normalized spacial score (nSPS) is 24.5. The second kappa shape index (κ2) is 7.42. The van der Waals surface area contributed by atoms with Crippen LogP contribution in [0.4, 0.5) is 9.18 Å². The van der Waals surface area contributed by atoms with Crippen molar-refractivity contribution in [3.8, 4) is 0 Å². The number of urea groups is 1. The van der Waals surface area contributed by atoms with Gasteiger partial charge in [0, 0.05) is 13.1 Å². The van der Waals surface area contributed by atoms with Crippen LogP contribution in [0.2, 0.25) is 0 Å². The van der Waals surface area contributed by atoms with Crippen molar-refractivity contribution in [2.24, 2.45) is 17.8 Å². The van der Waals surface area contributed by atoms with E-state index in [-0.39, 0.29) is 35.7 Å². The molecule has 1 heterocycles. The Labute approximate surface area is 147 Å². The predicted octanol–water partition coefficient (Wildman–Crippen LogP) is 3.12. The second-order valence-corrected chi connectivity index (χ2v) is 7.16. The summed E-state index contributed by atoms with van der Waals surface area (Å²) in [4.78, 5) is 26.2. The Kier molecular flexibility index (Phi) is 5.25. The van der Waals surface area contributed by atoms with Gasteiger partial charge in [-0.25, -0.2) is 9.18 Å². The predicted molar refractivity (Wildman–Crippen MR) is 91.3 cm³/mol. The number of rotatable bonds is 4. The first-order valence-corrected chi connectivity index (χ1v) is 8.88. The molecular formula is C19H25FN2O3. The van der Waals surface area contributed by atoms with Gasteiger partial charge in [0.1, 0.15) is 5.82 Å². The quantitative estimate of drug-likeness (QED) is 0.851. The monoisotopic (exact) mass is 348 g/mol. The minimum atomic E-state index is -0.275. The van der Waals surface area contributed by atoms with Gasteiger partial charge in [-0.05, 0) is 48.8 Å². The third kappa shape index (κ3) is 4.11. The first kappa shape index (κ1) is 17.7. The third-order valence-corrected chi connectivity index (χ3v) is 5.30. The van der Waals surface area contributed by atoms with Crippen LogP contribution in [0.25, 0.3) is 0 Å². The van der Waals surface area contributed by atoms with Gasteiger partial charge >= 0.3 is 12.0 Å². The average Bonchev–Trinajstić information content (AvgIpc) is 3.44. The molecule has 25 heavy (non-hydrogen) atoms. The highest BCUT2D eigenvalue weighted by Gasteiger charge is 2.37. The summed E-state index contributed by atoms with van der Waals surface area (Å²) in [6, 6.07) is 6.15. The van der Waals surface area contributed by atoms with Crippen LogP contribution in [0, 0.1) is 23.6 Å². The Morgan fingerprint density at radius 2 is 1.92 bits per heavy atom. The fourth-order valence-corrected chi connectivity index (χ4v) is 3.63. The molecule has 2 amide bonds. The topological polar surface area (TPSA) is 58.6 Å². The molecule has 0 spiro atoms. The number of hydrogen-bond acceptors (Lipinski definition) is 3. The van der Waals surface area contributed by atoms with E-state index in [0.717, 1.165) is 18.4 Å². The lowest BCUT2D eigenvalue weighted by atomic mass is 9.87. The van der Waals surface area contributed by atoms with Crippen LogP contribution in [0.5, 0.6) is 0 Å². The van der Waals surface area contributed by atoms with E-state index in [4.69, 9.17) is 4.74 Å². The summed E-state index contributed by atoms with van der Waals surface area (Å²) in [5.74, 6) is -0.139. The zero-order valence-corrected chi connectivity index (χ0v) is 14.7. The van der Waals surface area contributed by atoms with Gasteiger partial charge in [0.15, 0.2) is 0 Å². The fraction of sp³-hybridized carbons (Fsp3) is 0.579. The molecule has 1 aromatic carbocycles. The van der Waals surface area contributed by atoms with Gasteiger partial charge in [-0.3, -0.25) is 4.79 Å². The van der Waals surface area contributed by atoms with Crippen LogP contribution < -0.4 is 5.32 Å². The number of hydrogen-bond donors (Lipinski definition) is 1. The van der Waals surface area contributed by atoms with E-state index >= 15 is 0 Å². The molecule has 0 unspecified atom stereocenters. The van der Waals surface area contributed by atoms with E-state index < -0.39 is 0 Å². The molecule has 1 aromatic rings. The third-order valence-electron chi connectivity index (χ3n) is 5.30. The molecule has 2 fully saturated rings. The van der Waals surface area contributed by atoms with Crippen molar-refractivity contribution in [1.29, 1.82) is 0 Å². The van der Waals surface area contributed by atoms with Crippen molar-refractivity contribution in [3.63, 3.8) is 0 Å². The number of methoxy groups -OCH3 is 1. The highest BCUT2D eigenvalue weighted by molar-refractivity contribution is 5.76. The lowest BCUT2D eigenvalue weighted by Crippen LogP contribution is -2.49. The summed E-state index contributed by atoms with van der Waals surface area (Å²) >= 11 is 0. The molecule has 136 valence electrons. The molecule has 1 N–H and O–H groups in total. The van der Waals surface area contributed by atoms with Gasteiger partial charge in [0.2, 0.25) is 0 Å². The molecule has 6 heteroatoms. The number of ether oxygens (including phenoxy) is 1. The van der Waals surface area contributed by atoms with Gasteiger partial charge in [-0.15, -0.1) is 0 Å². The van der Waals surface area contributed by atoms with Crippen LogP contribution >= 0.6 is 0 Å². The zero-order valence-electron chi connectivity index (χ0n) is 14.7. The standard InChI is InChI=1S/C19H25FN2O3/c1-12-11-22(10-9-16(12)18(23)25-2)19(24)21-17(13-3-4-13)14-5-7-15(20)8-6-14/h5-8,12-13,16-17H,3-4,9-11H2,1-2H3,(H,21,24)/t12-,16+,17-/m0/s1. The van der Waals surface area contributed by atoms with Crippen molar-refractivity contribution in [2.45, 2.75) is 32.2 Å². The Hall–Kier alpha value is -2.11. The van der Waals surface area contributed by atoms with E-state index in [1.807, 2.05) is 6.92 Å². The van der Waals surface area contributed by atoms with Crippen molar-refractivity contribution in [1.82, 2.24) is 10.2 Å².